The Kier molecular flexibility index (Phi) is 9.19. The van der Waals surface area contributed by atoms with Crippen LogP contribution >= 0.6 is 0 Å². The van der Waals surface area contributed by atoms with Gasteiger partial charge in [0.25, 0.3) is 0 Å². The lowest BCUT2D eigenvalue weighted by atomic mass is 9.92. The highest BCUT2D eigenvalue weighted by atomic mass is 16.5. The van der Waals surface area contributed by atoms with Gasteiger partial charge in [-0.15, -0.1) is 0 Å². The molecule has 0 aromatic rings. The smallest absolute Gasteiger partial charge is 0.0683 e. The molecule has 0 aliphatic heterocycles. The lowest BCUT2D eigenvalue weighted by Crippen LogP contribution is -2.43. The molecule has 0 fully saturated rings. The predicted molar refractivity (Wildman–Crippen MR) is 94.5 cm³/mol. The SMILES string of the molecule is CCC(C)(CC(C)OC(C)C)OC(C)(C)CC(C)OC(C)C. The maximum absolute atomic E-state index is 6.52. The van der Waals surface area contributed by atoms with Gasteiger partial charge in [-0.3, -0.25) is 0 Å². The van der Waals surface area contributed by atoms with Crippen LogP contribution in [0, 0.1) is 0 Å². The molecule has 3 atom stereocenters. The average Bonchev–Trinajstić information content (AvgIpc) is 2.23. The molecule has 0 spiro atoms. The van der Waals surface area contributed by atoms with Crippen LogP contribution < -0.4 is 0 Å². The minimum atomic E-state index is -0.212. The van der Waals surface area contributed by atoms with Gasteiger partial charge in [0.2, 0.25) is 0 Å². The van der Waals surface area contributed by atoms with E-state index in [4.69, 9.17) is 14.2 Å². The normalized spacial score (nSPS) is 18.5. The van der Waals surface area contributed by atoms with E-state index in [2.05, 4.69) is 69.2 Å². The van der Waals surface area contributed by atoms with E-state index in [1.54, 1.807) is 0 Å². The number of hydrogen-bond donors (Lipinski definition) is 0. The third-order valence-corrected chi connectivity index (χ3v) is 3.78. The molecule has 0 aliphatic rings. The molecular formula is C19H40O3. The Hall–Kier alpha value is -0.120. The topological polar surface area (TPSA) is 27.7 Å². The molecule has 3 heteroatoms. The van der Waals surface area contributed by atoms with Crippen LogP contribution in [0.25, 0.3) is 0 Å². The first-order valence-corrected chi connectivity index (χ1v) is 8.90. The van der Waals surface area contributed by atoms with Crippen molar-refractivity contribution in [1.82, 2.24) is 0 Å². The minimum Gasteiger partial charge on any atom is -0.376 e. The standard InChI is InChI=1S/C19H40O3/c1-11-19(10,13-17(7)21-15(4)5)22-18(8,9)12-16(6)20-14(2)3/h14-17H,11-13H2,1-10H3. The monoisotopic (exact) mass is 316 g/mol. The fraction of sp³-hybridized carbons (Fsp3) is 1.00. The summed E-state index contributed by atoms with van der Waals surface area (Å²) in [6.07, 6.45) is 3.67. The summed E-state index contributed by atoms with van der Waals surface area (Å²) in [6, 6.07) is 0. The number of hydrogen-bond acceptors (Lipinski definition) is 3. The maximum atomic E-state index is 6.52. The Bertz CT molecular complexity index is 299. The highest BCUT2D eigenvalue weighted by Crippen LogP contribution is 2.32. The van der Waals surface area contributed by atoms with E-state index >= 15 is 0 Å². The third-order valence-electron chi connectivity index (χ3n) is 3.78. The van der Waals surface area contributed by atoms with Gasteiger partial charge >= 0.3 is 0 Å². The summed E-state index contributed by atoms with van der Waals surface area (Å²) in [6.45, 7) is 21.3. The molecule has 0 amide bonds. The van der Waals surface area contributed by atoms with Crippen LogP contribution in [0.15, 0.2) is 0 Å². The predicted octanol–water partition coefficient (Wildman–Crippen LogP) is 5.36. The van der Waals surface area contributed by atoms with Gasteiger partial charge in [0.1, 0.15) is 0 Å². The quantitative estimate of drug-likeness (QED) is 0.514. The molecule has 0 rings (SSSR count). The molecule has 3 nitrogen and oxygen atoms in total. The van der Waals surface area contributed by atoms with E-state index in [0.29, 0.717) is 0 Å². The van der Waals surface area contributed by atoms with Crippen molar-refractivity contribution in [3.8, 4) is 0 Å². The van der Waals surface area contributed by atoms with E-state index in [1.807, 2.05) is 0 Å². The molecule has 134 valence electrons. The number of rotatable bonds is 11. The largest absolute Gasteiger partial charge is 0.376 e. The maximum Gasteiger partial charge on any atom is 0.0683 e. The third kappa shape index (κ3) is 9.81. The molecule has 0 aliphatic carbocycles. The second-order valence-electron chi connectivity index (χ2n) is 8.06. The Morgan fingerprint density at radius 2 is 1.14 bits per heavy atom. The van der Waals surface area contributed by atoms with Crippen LogP contribution in [0.4, 0.5) is 0 Å². The summed E-state index contributed by atoms with van der Waals surface area (Å²) in [5.41, 5.74) is -0.383. The Balaban J connectivity index is 4.66. The summed E-state index contributed by atoms with van der Waals surface area (Å²) in [5.74, 6) is 0. The second-order valence-corrected chi connectivity index (χ2v) is 8.06. The zero-order valence-electron chi connectivity index (χ0n) is 16.7. The van der Waals surface area contributed by atoms with E-state index < -0.39 is 0 Å². The van der Waals surface area contributed by atoms with Crippen molar-refractivity contribution in [3.63, 3.8) is 0 Å². The first kappa shape index (κ1) is 21.9. The van der Waals surface area contributed by atoms with Crippen molar-refractivity contribution in [3.05, 3.63) is 0 Å². The fourth-order valence-electron chi connectivity index (χ4n) is 3.29. The van der Waals surface area contributed by atoms with E-state index in [9.17, 15) is 0 Å². The van der Waals surface area contributed by atoms with E-state index in [-0.39, 0.29) is 35.6 Å². The first-order valence-electron chi connectivity index (χ1n) is 8.90. The summed E-state index contributed by atoms with van der Waals surface area (Å²) in [5, 5.41) is 0. The van der Waals surface area contributed by atoms with Gasteiger partial charge < -0.3 is 14.2 Å². The summed E-state index contributed by atoms with van der Waals surface area (Å²) in [7, 11) is 0. The summed E-state index contributed by atoms with van der Waals surface area (Å²) < 4.78 is 18.3. The van der Waals surface area contributed by atoms with Gasteiger partial charge in [-0.2, -0.15) is 0 Å². The van der Waals surface area contributed by atoms with E-state index in [1.165, 1.54) is 0 Å². The molecule has 0 bridgehead atoms. The fourth-order valence-corrected chi connectivity index (χ4v) is 3.29. The number of ether oxygens (including phenoxy) is 3. The second kappa shape index (κ2) is 9.24. The zero-order chi connectivity index (χ0) is 17.6. The molecular weight excluding hydrogens is 276 g/mol. The highest BCUT2D eigenvalue weighted by Gasteiger charge is 2.34. The van der Waals surface area contributed by atoms with Crippen molar-refractivity contribution in [1.29, 1.82) is 0 Å². The van der Waals surface area contributed by atoms with Crippen LogP contribution in [0.2, 0.25) is 0 Å². The van der Waals surface area contributed by atoms with Gasteiger partial charge in [0, 0.05) is 12.8 Å². The van der Waals surface area contributed by atoms with Crippen molar-refractivity contribution in [2.24, 2.45) is 0 Å². The molecule has 0 saturated carbocycles. The minimum absolute atomic E-state index is 0.171. The van der Waals surface area contributed by atoms with Gasteiger partial charge in [-0.05, 0) is 68.7 Å². The van der Waals surface area contributed by atoms with Gasteiger partial charge in [-0.25, -0.2) is 0 Å². The van der Waals surface area contributed by atoms with E-state index in [0.717, 1.165) is 19.3 Å². The molecule has 3 unspecified atom stereocenters. The van der Waals surface area contributed by atoms with Gasteiger partial charge in [0.05, 0.1) is 35.6 Å². The molecule has 0 radical (unpaired) electrons. The molecule has 0 saturated heterocycles. The van der Waals surface area contributed by atoms with Crippen molar-refractivity contribution >= 4 is 0 Å². The summed E-state index contributed by atoms with van der Waals surface area (Å²) in [4.78, 5) is 0. The van der Waals surface area contributed by atoms with Crippen LogP contribution in [-0.4, -0.2) is 35.6 Å². The van der Waals surface area contributed by atoms with Gasteiger partial charge in [-0.1, -0.05) is 6.92 Å². The van der Waals surface area contributed by atoms with Crippen LogP contribution in [0.3, 0.4) is 0 Å². The van der Waals surface area contributed by atoms with Gasteiger partial charge in [0.15, 0.2) is 0 Å². The molecule has 0 heterocycles. The van der Waals surface area contributed by atoms with Crippen LogP contribution in [0.1, 0.15) is 88.5 Å². The first-order chi connectivity index (χ1) is 9.89. The molecule has 22 heavy (non-hydrogen) atoms. The summed E-state index contributed by atoms with van der Waals surface area (Å²) >= 11 is 0. The molecule has 0 aromatic heterocycles. The molecule has 0 aromatic carbocycles. The Morgan fingerprint density at radius 1 is 0.727 bits per heavy atom. The van der Waals surface area contributed by atoms with Crippen molar-refractivity contribution < 1.29 is 14.2 Å². The average molecular weight is 317 g/mol. The van der Waals surface area contributed by atoms with Crippen LogP contribution in [0.5, 0.6) is 0 Å². The van der Waals surface area contributed by atoms with Crippen LogP contribution in [-0.2, 0) is 14.2 Å². The zero-order valence-corrected chi connectivity index (χ0v) is 16.7. The Morgan fingerprint density at radius 3 is 1.50 bits per heavy atom. The van der Waals surface area contributed by atoms with Crippen molar-refractivity contribution in [2.45, 2.75) is 124 Å². The molecule has 0 N–H and O–H groups in total. The Labute approximate surface area is 139 Å². The lowest BCUT2D eigenvalue weighted by Gasteiger charge is -2.41. The van der Waals surface area contributed by atoms with Crippen molar-refractivity contribution in [2.75, 3.05) is 0 Å². The lowest BCUT2D eigenvalue weighted by molar-refractivity contribution is -0.169. The highest BCUT2D eigenvalue weighted by molar-refractivity contribution is 4.83.